The van der Waals surface area contributed by atoms with Gasteiger partial charge >= 0.3 is 0 Å². The molecule has 0 bridgehead atoms. The molecule has 3 aromatic rings. The maximum Gasteiger partial charge on any atom is 0.237 e. The fraction of sp³-hybridized carbons (Fsp3) is 0.222. The second-order valence-electron chi connectivity index (χ2n) is 5.04. The van der Waals surface area contributed by atoms with E-state index in [4.69, 9.17) is 18.7 Å². The summed E-state index contributed by atoms with van der Waals surface area (Å²) in [6.07, 6.45) is 0. The minimum absolute atomic E-state index is 0.491. The summed E-state index contributed by atoms with van der Waals surface area (Å²) in [7, 11) is 4.85. The molecule has 7 heteroatoms. The molecular weight excluding hydrogens is 340 g/mol. The van der Waals surface area contributed by atoms with E-state index in [1.807, 2.05) is 36.4 Å². The Morgan fingerprint density at radius 2 is 1.64 bits per heavy atom. The van der Waals surface area contributed by atoms with E-state index in [2.05, 4.69) is 10.1 Å². The van der Waals surface area contributed by atoms with Crippen molar-refractivity contribution in [1.82, 2.24) is 10.1 Å². The number of nitrogens with zero attached hydrogens (tertiary/aromatic N) is 2. The summed E-state index contributed by atoms with van der Waals surface area (Å²) in [6, 6.07) is 13.3. The van der Waals surface area contributed by atoms with Crippen molar-refractivity contribution in [2.24, 2.45) is 0 Å². The van der Waals surface area contributed by atoms with Crippen molar-refractivity contribution in [2.45, 2.75) is 10.6 Å². The molecule has 130 valence electrons. The molecule has 0 spiro atoms. The van der Waals surface area contributed by atoms with E-state index < -0.39 is 0 Å². The molecular formula is C18H18N2O4S. The lowest BCUT2D eigenvalue weighted by Gasteiger charge is -2.07. The smallest absolute Gasteiger partial charge is 0.237 e. The number of hydrogen-bond acceptors (Lipinski definition) is 7. The van der Waals surface area contributed by atoms with Crippen LogP contribution in [0.15, 0.2) is 51.9 Å². The van der Waals surface area contributed by atoms with E-state index in [9.17, 15) is 0 Å². The maximum atomic E-state index is 5.38. The van der Waals surface area contributed by atoms with Gasteiger partial charge < -0.3 is 18.7 Å². The Hall–Kier alpha value is -2.67. The van der Waals surface area contributed by atoms with Gasteiger partial charge in [0.05, 0.1) is 32.6 Å². The number of benzene rings is 2. The fourth-order valence-electron chi connectivity index (χ4n) is 2.22. The molecule has 0 unspecified atom stereocenters. The second kappa shape index (κ2) is 7.94. The van der Waals surface area contributed by atoms with Crippen LogP contribution in [0, 0.1) is 0 Å². The summed E-state index contributed by atoms with van der Waals surface area (Å²) in [5, 5.41) is 4.05. The van der Waals surface area contributed by atoms with Gasteiger partial charge in [0, 0.05) is 11.0 Å². The van der Waals surface area contributed by atoms with Crippen LogP contribution in [0.25, 0.3) is 11.4 Å². The summed E-state index contributed by atoms with van der Waals surface area (Å²) >= 11 is 1.61. The van der Waals surface area contributed by atoms with Gasteiger partial charge in [0.2, 0.25) is 11.7 Å². The summed E-state index contributed by atoms with van der Waals surface area (Å²) in [4.78, 5) is 5.55. The molecule has 2 aromatic carbocycles. The molecule has 0 saturated heterocycles. The predicted octanol–water partition coefficient (Wildman–Crippen LogP) is 4.05. The highest BCUT2D eigenvalue weighted by Gasteiger charge is 2.14. The first kappa shape index (κ1) is 17.2. The molecule has 6 nitrogen and oxygen atoms in total. The van der Waals surface area contributed by atoms with Gasteiger partial charge in [-0.3, -0.25) is 0 Å². The van der Waals surface area contributed by atoms with Gasteiger partial charge in [0.15, 0.2) is 0 Å². The number of aromatic nitrogens is 2. The standard InChI is InChI=1S/C18H18N2O4S/c1-21-12-4-7-14(8-5-12)25-11-17-19-18(20-24-17)15-9-6-13(22-2)10-16(15)23-3/h4-10H,11H2,1-3H3. The summed E-state index contributed by atoms with van der Waals surface area (Å²) in [6.45, 7) is 0. The number of methoxy groups -OCH3 is 3. The number of ether oxygens (including phenoxy) is 3. The number of hydrogen-bond donors (Lipinski definition) is 0. The molecule has 1 heterocycles. The Balaban J connectivity index is 1.71. The van der Waals surface area contributed by atoms with Crippen LogP contribution in [0.1, 0.15) is 5.89 Å². The lowest BCUT2D eigenvalue weighted by molar-refractivity contribution is 0.388. The van der Waals surface area contributed by atoms with E-state index in [0.29, 0.717) is 29.0 Å². The Morgan fingerprint density at radius 3 is 2.32 bits per heavy atom. The molecule has 25 heavy (non-hydrogen) atoms. The van der Waals surface area contributed by atoms with Crippen LogP contribution in [-0.4, -0.2) is 31.5 Å². The molecule has 3 rings (SSSR count). The monoisotopic (exact) mass is 358 g/mol. The normalized spacial score (nSPS) is 10.5. The van der Waals surface area contributed by atoms with Crippen LogP contribution in [0.3, 0.4) is 0 Å². The molecule has 0 saturated carbocycles. The third kappa shape index (κ3) is 4.06. The van der Waals surface area contributed by atoms with Crippen molar-refractivity contribution in [1.29, 1.82) is 0 Å². The van der Waals surface area contributed by atoms with E-state index >= 15 is 0 Å². The average molecular weight is 358 g/mol. The third-order valence-electron chi connectivity index (χ3n) is 3.54. The molecule has 0 aliphatic carbocycles. The zero-order valence-electron chi connectivity index (χ0n) is 14.2. The van der Waals surface area contributed by atoms with Gasteiger partial charge in [-0.25, -0.2) is 0 Å². The van der Waals surface area contributed by atoms with Crippen molar-refractivity contribution < 1.29 is 18.7 Å². The van der Waals surface area contributed by atoms with Gasteiger partial charge in [0.25, 0.3) is 0 Å². The first-order valence-electron chi connectivity index (χ1n) is 7.55. The fourth-order valence-corrected chi connectivity index (χ4v) is 2.96. The van der Waals surface area contributed by atoms with E-state index in [1.165, 1.54) is 0 Å². The number of rotatable bonds is 7. The van der Waals surface area contributed by atoms with Gasteiger partial charge in [-0.15, -0.1) is 11.8 Å². The predicted molar refractivity (Wildman–Crippen MR) is 95.4 cm³/mol. The lowest BCUT2D eigenvalue weighted by Crippen LogP contribution is -1.91. The zero-order chi connectivity index (χ0) is 17.6. The topological polar surface area (TPSA) is 66.6 Å². The van der Waals surface area contributed by atoms with Crippen molar-refractivity contribution in [2.75, 3.05) is 21.3 Å². The van der Waals surface area contributed by atoms with Crippen LogP contribution in [0.4, 0.5) is 0 Å². The van der Waals surface area contributed by atoms with Crippen LogP contribution < -0.4 is 14.2 Å². The SMILES string of the molecule is COc1ccc(SCc2nc(-c3ccc(OC)cc3OC)no2)cc1. The first-order chi connectivity index (χ1) is 12.2. The van der Waals surface area contributed by atoms with Crippen LogP contribution >= 0.6 is 11.8 Å². The highest BCUT2D eigenvalue weighted by molar-refractivity contribution is 7.98. The highest BCUT2D eigenvalue weighted by atomic mass is 32.2. The van der Waals surface area contributed by atoms with Gasteiger partial charge in [0.1, 0.15) is 17.2 Å². The third-order valence-corrected chi connectivity index (χ3v) is 4.54. The van der Waals surface area contributed by atoms with Gasteiger partial charge in [-0.2, -0.15) is 4.98 Å². The average Bonchev–Trinajstić information content (AvgIpc) is 3.15. The minimum Gasteiger partial charge on any atom is -0.497 e. The van der Waals surface area contributed by atoms with Crippen LogP contribution in [0.5, 0.6) is 17.2 Å². The van der Waals surface area contributed by atoms with Gasteiger partial charge in [-0.05, 0) is 36.4 Å². The summed E-state index contributed by atoms with van der Waals surface area (Å²) in [5.74, 6) is 3.79. The van der Waals surface area contributed by atoms with Crippen LogP contribution in [-0.2, 0) is 5.75 Å². The second-order valence-corrected chi connectivity index (χ2v) is 6.09. The van der Waals surface area contributed by atoms with E-state index in [-0.39, 0.29) is 0 Å². The molecule has 0 atom stereocenters. The molecule has 0 radical (unpaired) electrons. The van der Waals surface area contributed by atoms with Crippen LogP contribution in [0.2, 0.25) is 0 Å². The largest absolute Gasteiger partial charge is 0.497 e. The molecule has 0 aliphatic rings. The minimum atomic E-state index is 0.491. The van der Waals surface area contributed by atoms with Crippen molar-refractivity contribution in [3.8, 4) is 28.6 Å². The Morgan fingerprint density at radius 1 is 0.920 bits per heavy atom. The van der Waals surface area contributed by atoms with E-state index in [0.717, 1.165) is 16.2 Å². The lowest BCUT2D eigenvalue weighted by atomic mass is 10.2. The summed E-state index contributed by atoms with van der Waals surface area (Å²) < 4.78 is 21.1. The quantitative estimate of drug-likeness (QED) is 0.590. The first-order valence-corrected chi connectivity index (χ1v) is 8.54. The molecule has 1 aromatic heterocycles. The zero-order valence-corrected chi connectivity index (χ0v) is 15.0. The maximum absolute atomic E-state index is 5.38. The Labute approximate surface area is 150 Å². The van der Waals surface area contributed by atoms with E-state index in [1.54, 1.807) is 39.2 Å². The molecule has 0 N–H and O–H groups in total. The van der Waals surface area contributed by atoms with Crippen molar-refractivity contribution in [3.05, 3.63) is 48.4 Å². The summed E-state index contributed by atoms with van der Waals surface area (Å²) in [5.41, 5.74) is 0.757. The molecule has 0 fully saturated rings. The Bertz CT molecular complexity index is 833. The molecule has 0 amide bonds. The van der Waals surface area contributed by atoms with Gasteiger partial charge in [-0.1, -0.05) is 5.16 Å². The Kier molecular flexibility index (Phi) is 5.45. The molecule has 0 aliphatic heterocycles. The van der Waals surface area contributed by atoms with Crippen molar-refractivity contribution >= 4 is 11.8 Å². The highest BCUT2D eigenvalue weighted by Crippen LogP contribution is 2.32. The number of thioether (sulfide) groups is 1. The van der Waals surface area contributed by atoms with Crippen molar-refractivity contribution in [3.63, 3.8) is 0 Å².